The van der Waals surface area contributed by atoms with E-state index >= 15 is 0 Å². The number of carbonyl (C=O) groups is 1. The van der Waals surface area contributed by atoms with Crippen LogP contribution in [0.15, 0.2) is 22.8 Å². The summed E-state index contributed by atoms with van der Waals surface area (Å²) >= 11 is 9.53. The lowest BCUT2D eigenvalue weighted by Crippen LogP contribution is -1.90. The van der Waals surface area contributed by atoms with Gasteiger partial charge in [-0.05, 0) is 34.5 Å². The minimum absolute atomic E-state index is 0.422. The second-order valence-corrected chi connectivity index (χ2v) is 4.47. The molecule has 0 aliphatic carbocycles. The summed E-state index contributed by atoms with van der Waals surface area (Å²) in [5.41, 5.74) is 2.21. The van der Waals surface area contributed by atoms with Crippen LogP contribution in [0.2, 0.25) is 5.02 Å². The van der Waals surface area contributed by atoms with E-state index < -0.39 is 0 Å². The molecule has 0 aliphatic heterocycles. The zero-order valence-electron chi connectivity index (χ0n) is 7.92. The number of hydrogen-bond donors (Lipinski definition) is 0. The Hall–Kier alpha value is -0.930. The first-order valence-corrected chi connectivity index (χ1v) is 5.50. The van der Waals surface area contributed by atoms with E-state index in [0.29, 0.717) is 10.6 Å². The molecule has 76 valence electrons. The van der Waals surface area contributed by atoms with Gasteiger partial charge in [0.05, 0.1) is 16.1 Å². The maximum Gasteiger partial charge on any atom is 0.153 e. The number of aldehydes is 1. The number of aromatic nitrogens is 1. The van der Waals surface area contributed by atoms with Gasteiger partial charge in [-0.15, -0.1) is 0 Å². The van der Waals surface area contributed by atoms with Crippen molar-refractivity contribution >= 4 is 44.7 Å². The second-order valence-electron chi connectivity index (χ2n) is 3.23. The fraction of sp³-hybridized carbons (Fsp3) is 0.0909. The fourth-order valence-corrected chi connectivity index (χ4v) is 2.25. The zero-order chi connectivity index (χ0) is 11.0. The van der Waals surface area contributed by atoms with E-state index in [1.54, 1.807) is 0 Å². The van der Waals surface area contributed by atoms with Crippen molar-refractivity contribution in [3.63, 3.8) is 0 Å². The van der Waals surface area contributed by atoms with Crippen LogP contribution >= 0.6 is 27.5 Å². The Morgan fingerprint density at radius 3 is 2.87 bits per heavy atom. The van der Waals surface area contributed by atoms with Crippen molar-refractivity contribution in [2.75, 3.05) is 0 Å². The molecule has 2 rings (SSSR count). The van der Waals surface area contributed by atoms with Crippen molar-refractivity contribution in [2.45, 2.75) is 6.92 Å². The normalized spacial score (nSPS) is 10.6. The summed E-state index contributed by atoms with van der Waals surface area (Å²) in [5, 5.41) is 1.30. The van der Waals surface area contributed by atoms with Gasteiger partial charge >= 0.3 is 0 Å². The summed E-state index contributed by atoms with van der Waals surface area (Å²) in [6, 6.07) is 3.86. The molecule has 2 nitrogen and oxygen atoms in total. The number of carbonyl (C=O) groups excluding carboxylic acids is 1. The Kier molecular flexibility index (Phi) is 2.76. The average Bonchev–Trinajstić information content (AvgIpc) is 2.23. The third-order valence-electron chi connectivity index (χ3n) is 2.27. The number of halogens is 2. The number of nitrogens with zero attached hydrogens (tertiary/aromatic N) is 1. The van der Waals surface area contributed by atoms with Gasteiger partial charge in [-0.1, -0.05) is 17.7 Å². The topological polar surface area (TPSA) is 30.0 Å². The van der Waals surface area contributed by atoms with Gasteiger partial charge in [0, 0.05) is 16.1 Å². The molecule has 1 aromatic carbocycles. The molecule has 0 radical (unpaired) electrons. The summed E-state index contributed by atoms with van der Waals surface area (Å²) < 4.78 is 0.877. The number of hydrogen-bond acceptors (Lipinski definition) is 2. The number of aryl methyl sites for hydroxylation is 1. The highest BCUT2D eigenvalue weighted by Crippen LogP contribution is 2.31. The van der Waals surface area contributed by atoms with E-state index in [2.05, 4.69) is 20.9 Å². The molecule has 2 aromatic rings. The summed E-state index contributed by atoms with van der Waals surface area (Å²) in [7, 11) is 0. The molecular weight excluding hydrogens is 277 g/mol. The molecule has 0 fully saturated rings. The van der Waals surface area contributed by atoms with Crippen LogP contribution in [0.1, 0.15) is 15.9 Å². The van der Waals surface area contributed by atoms with Gasteiger partial charge < -0.3 is 0 Å². The average molecular weight is 285 g/mol. The second kappa shape index (κ2) is 3.91. The van der Waals surface area contributed by atoms with Crippen molar-refractivity contribution in [1.82, 2.24) is 4.98 Å². The van der Waals surface area contributed by atoms with Crippen molar-refractivity contribution in [2.24, 2.45) is 0 Å². The highest BCUT2D eigenvalue weighted by Gasteiger charge is 2.10. The van der Waals surface area contributed by atoms with Crippen LogP contribution < -0.4 is 0 Å². The van der Waals surface area contributed by atoms with Crippen molar-refractivity contribution < 1.29 is 4.79 Å². The molecular formula is C11H7BrClNO. The molecule has 1 heterocycles. The van der Waals surface area contributed by atoms with E-state index in [4.69, 9.17) is 11.6 Å². The highest BCUT2D eigenvalue weighted by atomic mass is 79.9. The summed E-state index contributed by atoms with van der Waals surface area (Å²) in [4.78, 5) is 14.9. The smallest absolute Gasteiger partial charge is 0.153 e. The summed E-state index contributed by atoms with van der Waals surface area (Å²) in [6.45, 7) is 1.94. The van der Waals surface area contributed by atoms with Gasteiger partial charge in [-0.2, -0.15) is 0 Å². The Bertz CT molecular complexity index is 554. The SMILES string of the molecule is Cc1ccc(Br)c2ncc(C=O)c(Cl)c12. The maximum absolute atomic E-state index is 10.7. The lowest BCUT2D eigenvalue weighted by molar-refractivity contribution is 0.112. The Morgan fingerprint density at radius 2 is 2.20 bits per heavy atom. The summed E-state index contributed by atoms with van der Waals surface area (Å²) in [5.74, 6) is 0. The minimum Gasteiger partial charge on any atom is -0.298 e. The molecule has 0 aliphatic rings. The molecule has 15 heavy (non-hydrogen) atoms. The number of rotatable bonds is 1. The van der Waals surface area contributed by atoms with E-state index in [1.165, 1.54) is 6.20 Å². The van der Waals surface area contributed by atoms with E-state index in [-0.39, 0.29) is 0 Å². The molecule has 0 saturated heterocycles. The van der Waals surface area contributed by atoms with Gasteiger partial charge in [0.2, 0.25) is 0 Å². The molecule has 0 atom stereocenters. The first-order valence-electron chi connectivity index (χ1n) is 4.33. The number of benzene rings is 1. The van der Waals surface area contributed by atoms with Crippen molar-refractivity contribution in [1.29, 1.82) is 0 Å². The molecule has 0 saturated carbocycles. The Balaban J connectivity index is 2.98. The van der Waals surface area contributed by atoms with Gasteiger partial charge in [-0.3, -0.25) is 9.78 Å². The Morgan fingerprint density at radius 1 is 1.47 bits per heavy atom. The van der Waals surface area contributed by atoms with Crippen LogP contribution in [0.25, 0.3) is 10.9 Å². The van der Waals surface area contributed by atoms with E-state index in [1.807, 2.05) is 19.1 Å². The molecule has 1 aromatic heterocycles. The van der Waals surface area contributed by atoms with Crippen LogP contribution in [-0.2, 0) is 0 Å². The Labute approximate surface area is 100 Å². The molecule has 0 bridgehead atoms. The quantitative estimate of drug-likeness (QED) is 0.746. The van der Waals surface area contributed by atoms with Crippen molar-refractivity contribution in [3.8, 4) is 0 Å². The first kappa shape index (κ1) is 10.6. The molecule has 4 heteroatoms. The van der Waals surface area contributed by atoms with E-state index in [9.17, 15) is 4.79 Å². The third-order valence-corrected chi connectivity index (χ3v) is 3.32. The van der Waals surface area contributed by atoms with E-state index in [0.717, 1.165) is 27.2 Å². The molecule has 0 amide bonds. The first-order chi connectivity index (χ1) is 7.15. The number of fused-ring (bicyclic) bond motifs is 1. The predicted octanol–water partition coefficient (Wildman–Crippen LogP) is 3.77. The maximum atomic E-state index is 10.7. The van der Waals surface area contributed by atoms with Crippen LogP contribution in [0.3, 0.4) is 0 Å². The fourth-order valence-electron chi connectivity index (χ4n) is 1.49. The van der Waals surface area contributed by atoms with Gasteiger partial charge in [-0.25, -0.2) is 0 Å². The molecule has 0 N–H and O–H groups in total. The summed E-state index contributed by atoms with van der Waals surface area (Å²) in [6.07, 6.45) is 2.21. The molecule has 0 unspecified atom stereocenters. The van der Waals surface area contributed by atoms with Gasteiger partial charge in [0.15, 0.2) is 6.29 Å². The van der Waals surface area contributed by atoms with Gasteiger partial charge in [0.1, 0.15) is 0 Å². The van der Waals surface area contributed by atoms with Crippen LogP contribution in [0.5, 0.6) is 0 Å². The zero-order valence-corrected chi connectivity index (χ0v) is 10.3. The minimum atomic E-state index is 0.422. The monoisotopic (exact) mass is 283 g/mol. The van der Waals surface area contributed by atoms with Crippen LogP contribution in [0.4, 0.5) is 0 Å². The van der Waals surface area contributed by atoms with Crippen LogP contribution in [-0.4, -0.2) is 11.3 Å². The number of pyridine rings is 1. The van der Waals surface area contributed by atoms with Gasteiger partial charge in [0.25, 0.3) is 0 Å². The largest absolute Gasteiger partial charge is 0.298 e. The molecule has 0 spiro atoms. The standard InChI is InChI=1S/C11H7BrClNO/c1-6-2-3-8(12)11-9(6)10(13)7(5-15)4-14-11/h2-5H,1H3. The van der Waals surface area contributed by atoms with Crippen LogP contribution in [0, 0.1) is 6.92 Å². The van der Waals surface area contributed by atoms with Crippen molar-refractivity contribution in [3.05, 3.63) is 39.0 Å². The lowest BCUT2D eigenvalue weighted by Gasteiger charge is -2.06. The predicted molar refractivity (Wildman–Crippen MR) is 64.6 cm³/mol. The lowest BCUT2D eigenvalue weighted by atomic mass is 10.1. The third kappa shape index (κ3) is 1.66. The highest BCUT2D eigenvalue weighted by molar-refractivity contribution is 9.10.